The monoisotopic (exact) mass is 563 g/mol. The summed E-state index contributed by atoms with van der Waals surface area (Å²) >= 11 is 0. The molecule has 6 rings (SSSR count). The normalized spacial score (nSPS) is 15.7. The predicted octanol–water partition coefficient (Wildman–Crippen LogP) is 5.35. The number of carbonyl (C=O) groups excluding carboxylic acids is 1. The van der Waals surface area contributed by atoms with Crippen LogP contribution in [-0.2, 0) is 6.54 Å². The number of guanidine groups is 1. The Morgan fingerprint density at radius 3 is 2.34 bits per heavy atom. The number of hydrogen-bond donors (Lipinski definition) is 0. The Hall–Kier alpha value is -4.61. The molecule has 4 heterocycles. The summed E-state index contributed by atoms with van der Waals surface area (Å²) in [7, 11) is 0. The predicted molar refractivity (Wildman–Crippen MR) is 144 cm³/mol. The molecule has 0 unspecified atom stereocenters. The fourth-order valence-corrected chi connectivity index (χ4v) is 5.21. The zero-order chi connectivity index (χ0) is 29.2. The summed E-state index contributed by atoms with van der Waals surface area (Å²) in [6, 6.07) is 6.20. The molecule has 2 aliphatic rings. The van der Waals surface area contributed by atoms with Crippen molar-refractivity contribution in [3.05, 3.63) is 82.9 Å². The van der Waals surface area contributed by atoms with Crippen LogP contribution in [0.1, 0.15) is 42.5 Å². The highest BCUT2D eigenvalue weighted by Gasteiger charge is 2.45. The molecular formula is C29H25F4N7O. The third kappa shape index (κ3) is 4.43. The van der Waals surface area contributed by atoms with Gasteiger partial charge in [0.2, 0.25) is 5.96 Å². The van der Waals surface area contributed by atoms with Crippen LogP contribution in [0.2, 0.25) is 0 Å². The minimum Gasteiger partial charge on any atom is -0.305 e. The average molecular weight is 564 g/mol. The SMILES string of the molecule is CCN1C(=O)c2nc(-c3ccc(-c4cnc(C)cn4)c(F)c3)n(Cc3cc(F)c(F)c(F)c3)c2N2CC(C)(C)N=C12. The van der Waals surface area contributed by atoms with E-state index in [1.807, 2.05) is 25.7 Å². The maximum atomic E-state index is 15.5. The molecule has 2 aliphatic heterocycles. The van der Waals surface area contributed by atoms with Gasteiger partial charge in [-0.3, -0.25) is 24.6 Å². The molecule has 8 nitrogen and oxygen atoms in total. The summed E-state index contributed by atoms with van der Waals surface area (Å²) in [5.74, 6) is -4.29. The highest BCUT2D eigenvalue weighted by atomic mass is 19.2. The second-order valence-electron chi connectivity index (χ2n) is 10.7. The molecule has 2 aromatic heterocycles. The Bertz CT molecular complexity index is 1720. The molecule has 0 spiro atoms. The molecule has 0 atom stereocenters. The Balaban J connectivity index is 1.54. The van der Waals surface area contributed by atoms with Gasteiger partial charge in [0.25, 0.3) is 5.91 Å². The highest BCUT2D eigenvalue weighted by Crippen LogP contribution is 2.39. The summed E-state index contributed by atoms with van der Waals surface area (Å²) in [5.41, 5.74) is 1.20. The van der Waals surface area contributed by atoms with Gasteiger partial charge >= 0.3 is 0 Å². The summed E-state index contributed by atoms with van der Waals surface area (Å²) in [5, 5.41) is 0. The molecular weight excluding hydrogens is 538 g/mol. The van der Waals surface area contributed by atoms with Crippen molar-refractivity contribution in [3.8, 4) is 22.6 Å². The number of aromatic nitrogens is 4. The standard InChI is InChI=1S/C29H25F4N7O/c1-5-38-27(41)24-26(40-14-29(3,4)37-28(38)40)39(13-16-8-20(31)23(33)21(32)9-16)25(36-24)17-6-7-18(19(30)10-17)22-12-34-15(2)11-35-22/h6-12H,5,13-14H2,1-4H3. The first kappa shape index (κ1) is 26.6. The van der Waals surface area contributed by atoms with Crippen molar-refractivity contribution in [2.75, 3.05) is 18.0 Å². The van der Waals surface area contributed by atoms with Crippen molar-refractivity contribution in [1.82, 2.24) is 24.4 Å². The van der Waals surface area contributed by atoms with E-state index in [0.717, 1.165) is 12.1 Å². The lowest BCUT2D eigenvalue weighted by molar-refractivity contribution is 0.0841. The van der Waals surface area contributed by atoms with Crippen LogP contribution in [0.15, 0.2) is 47.7 Å². The maximum absolute atomic E-state index is 15.5. The van der Waals surface area contributed by atoms with Crippen molar-refractivity contribution in [3.63, 3.8) is 0 Å². The number of amides is 1. The van der Waals surface area contributed by atoms with Crippen LogP contribution in [-0.4, -0.2) is 54.9 Å². The lowest BCUT2D eigenvalue weighted by Crippen LogP contribution is -2.51. The zero-order valence-electron chi connectivity index (χ0n) is 22.7. The van der Waals surface area contributed by atoms with E-state index in [1.54, 1.807) is 17.6 Å². The van der Waals surface area contributed by atoms with Crippen LogP contribution in [0.5, 0.6) is 0 Å². The number of rotatable bonds is 5. The van der Waals surface area contributed by atoms with Crippen molar-refractivity contribution in [2.24, 2.45) is 4.99 Å². The number of benzene rings is 2. The van der Waals surface area contributed by atoms with Crippen LogP contribution in [0.4, 0.5) is 23.4 Å². The molecule has 41 heavy (non-hydrogen) atoms. The van der Waals surface area contributed by atoms with E-state index in [9.17, 15) is 18.0 Å². The first-order chi connectivity index (χ1) is 19.5. The smallest absolute Gasteiger partial charge is 0.283 e. The van der Waals surface area contributed by atoms with Crippen LogP contribution in [0.3, 0.4) is 0 Å². The van der Waals surface area contributed by atoms with Crippen LogP contribution < -0.4 is 4.90 Å². The van der Waals surface area contributed by atoms with E-state index >= 15 is 4.39 Å². The molecule has 0 bridgehead atoms. The van der Waals surface area contributed by atoms with Crippen molar-refractivity contribution in [1.29, 1.82) is 0 Å². The number of imidazole rings is 1. The van der Waals surface area contributed by atoms with Crippen molar-refractivity contribution in [2.45, 2.75) is 39.8 Å². The Morgan fingerprint density at radius 2 is 1.71 bits per heavy atom. The maximum Gasteiger partial charge on any atom is 0.283 e. The van der Waals surface area contributed by atoms with Gasteiger partial charge in [-0.25, -0.2) is 27.5 Å². The van der Waals surface area contributed by atoms with Crippen LogP contribution in [0, 0.1) is 30.2 Å². The van der Waals surface area contributed by atoms with Crippen molar-refractivity contribution >= 4 is 17.7 Å². The van der Waals surface area contributed by atoms with E-state index in [0.29, 0.717) is 41.8 Å². The first-order valence-corrected chi connectivity index (χ1v) is 13.0. The van der Waals surface area contributed by atoms with Gasteiger partial charge in [0.15, 0.2) is 23.1 Å². The number of fused-ring (bicyclic) bond motifs is 3. The molecule has 0 N–H and O–H groups in total. The van der Waals surface area contributed by atoms with E-state index < -0.39 is 34.7 Å². The fourth-order valence-electron chi connectivity index (χ4n) is 5.21. The van der Waals surface area contributed by atoms with Gasteiger partial charge in [0.1, 0.15) is 17.5 Å². The lowest BCUT2D eigenvalue weighted by atomic mass is 10.1. The Kier molecular flexibility index (Phi) is 6.16. The van der Waals surface area contributed by atoms with Gasteiger partial charge in [0, 0.05) is 23.9 Å². The molecule has 1 amide bonds. The largest absolute Gasteiger partial charge is 0.305 e. The molecule has 0 fully saturated rings. The molecule has 12 heteroatoms. The Labute approximate surface area is 233 Å². The Morgan fingerprint density at radius 1 is 0.976 bits per heavy atom. The van der Waals surface area contributed by atoms with E-state index in [-0.39, 0.29) is 29.2 Å². The van der Waals surface area contributed by atoms with Gasteiger partial charge in [-0.2, -0.15) is 0 Å². The lowest BCUT2D eigenvalue weighted by Gasteiger charge is -2.34. The molecule has 2 aromatic carbocycles. The third-order valence-electron chi connectivity index (χ3n) is 7.06. The third-order valence-corrected chi connectivity index (χ3v) is 7.06. The number of aryl methyl sites for hydroxylation is 1. The highest BCUT2D eigenvalue weighted by molar-refractivity contribution is 6.18. The molecule has 0 aliphatic carbocycles. The summed E-state index contributed by atoms with van der Waals surface area (Å²) in [6.07, 6.45) is 3.00. The molecule has 4 aromatic rings. The minimum atomic E-state index is -1.58. The number of hydrogen-bond acceptors (Lipinski definition) is 6. The number of anilines is 1. The molecule has 210 valence electrons. The second kappa shape index (κ2) is 9.50. The van der Waals surface area contributed by atoms with E-state index in [4.69, 9.17) is 4.99 Å². The first-order valence-electron chi connectivity index (χ1n) is 13.0. The summed E-state index contributed by atoms with van der Waals surface area (Å²) in [4.78, 5) is 34.8. The second-order valence-corrected chi connectivity index (χ2v) is 10.7. The molecule has 0 saturated carbocycles. The summed E-state index contributed by atoms with van der Waals surface area (Å²) < 4.78 is 59.2. The fraction of sp³-hybridized carbons (Fsp3) is 0.276. The van der Waals surface area contributed by atoms with E-state index in [2.05, 4.69) is 15.0 Å². The number of aliphatic imine (C=N–C) groups is 1. The average Bonchev–Trinajstić information content (AvgIpc) is 3.45. The number of nitrogens with zero attached hydrogens (tertiary/aromatic N) is 7. The topological polar surface area (TPSA) is 79.5 Å². The van der Waals surface area contributed by atoms with Gasteiger partial charge in [0.05, 0.1) is 36.2 Å². The van der Waals surface area contributed by atoms with Gasteiger partial charge < -0.3 is 4.57 Å². The van der Waals surface area contributed by atoms with Gasteiger partial charge in [-0.15, -0.1) is 0 Å². The number of carbonyl (C=O) groups is 1. The number of halogens is 4. The van der Waals surface area contributed by atoms with Crippen LogP contribution >= 0.6 is 0 Å². The molecule has 0 radical (unpaired) electrons. The van der Waals surface area contributed by atoms with E-state index in [1.165, 1.54) is 29.4 Å². The van der Waals surface area contributed by atoms with Gasteiger partial charge in [-0.05, 0) is 57.5 Å². The van der Waals surface area contributed by atoms with Crippen LogP contribution in [0.25, 0.3) is 22.6 Å². The summed E-state index contributed by atoms with van der Waals surface area (Å²) in [6.45, 7) is 7.99. The molecule has 0 saturated heterocycles. The zero-order valence-corrected chi connectivity index (χ0v) is 22.7. The van der Waals surface area contributed by atoms with Gasteiger partial charge in [-0.1, -0.05) is 6.07 Å². The minimum absolute atomic E-state index is 0.0930. The quantitative estimate of drug-likeness (QED) is 0.242. The van der Waals surface area contributed by atoms with Crippen molar-refractivity contribution < 1.29 is 22.4 Å².